The molecule has 2 heterocycles. The summed E-state index contributed by atoms with van der Waals surface area (Å²) >= 11 is 0. The van der Waals surface area contributed by atoms with Crippen LogP contribution in [0.5, 0.6) is 0 Å². The molecule has 2 aliphatic rings. The standard InChI is InChI=1S/C9H8N4O6/c14-4-2(5(15)11-8(18)10-4)1-3-6(16)12-9(19)13-7(3)17/h2-3H,1H2,(H2,10,11,14,15,18)(H2,12,13,16,17,19). The van der Waals surface area contributed by atoms with Gasteiger partial charge in [0.1, 0.15) is 11.8 Å². The van der Waals surface area contributed by atoms with E-state index in [-0.39, 0.29) is 0 Å². The second-order valence-corrected chi connectivity index (χ2v) is 3.96. The average molecular weight is 268 g/mol. The highest BCUT2D eigenvalue weighted by atomic mass is 16.2. The molecule has 0 spiro atoms. The molecule has 0 saturated carbocycles. The van der Waals surface area contributed by atoms with Gasteiger partial charge in [0, 0.05) is 0 Å². The van der Waals surface area contributed by atoms with Crippen LogP contribution in [0.25, 0.3) is 0 Å². The lowest BCUT2D eigenvalue weighted by Gasteiger charge is -2.25. The van der Waals surface area contributed by atoms with Crippen LogP contribution in [0.4, 0.5) is 9.59 Å². The van der Waals surface area contributed by atoms with E-state index in [1.54, 1.807) is 0 Å². The first-order valence-corrected chi connectivity index (χ1v) is 5.20. The molecule has 10 heteroatoms. The van der Waals surface area contributed by atoms with Crippen molar-refractivity contribution in [3.63, 3.8) is 0 Å². The maximum Gasteiger partial charge on any atom is 0.328 e. The summed E-state index contributed by atoms with van der Waals surface area (Å²) < 4.78 is 0. The Bertz CT molecular complexity index is 441. The number of hydrogen-bond acceptors (Lipinski definition) is 6. The van der Waals surface area contributed by atoms with Gasteiger partial charge in [0.15, 0.2) is 0 Å². The molecule has 4 N–H and O–H groups in total. The fourth-order valence-electron chi connectivity index (χ4n) is 1.76. The minimum absolute atomic E-state index is 0.435. The minimum atomic E-state index is -1.35. The average Bonchev–Trinajstić information content (AvgIpc) is 2.25. The van der Waals surface area contributed by atoms with Gasteiger partial charge in [-0.2, -0.15) is 0 Å². The van der Waals surface area contributed by atoms with E-state index in [9.17, 15) is 28.8 Å². The van der Waals surface area contributed by atoms with Crippen molar-refractivity contribution in [1.29, 1.82) is 0 Å². The lowest BCUT2D eigenvalue weighted by Crippen LogP contribution is -2.60. The van der Waals surface area contributed by atoms with Gasteiger partial charge in [-0.15, -0.1) is 0 Å². The molecule has 0 aromatic carbocycles. The first-order chi connectivity index (χ1) is 8.88. The predicted octanol–water partition coefficient (Wildman–Crippen LogP) is -2.66. The molecule has 0 unspecified atom stereocenters. The quantitative estimate of drug-likeness (QED) is 0.401. The van der Waals surface area contributed by atoms with Gasteiger partial charge in [0.25, 0.3) is 0 Å². The zero-order valence-electron chi connectivity index (χ0n) is 9.31. The van der Waals surface area contributed by atoms with E-state index in [1.807, 2.05) is 21.3 Å². The van der Waals surface area contributed by atoms with Crippen LogP contribution >= 0.6 is 0 Å². The van der Waals surface area contributed by atoms with Crippen LogP contribution in [0.2, 0.25) is 0 Å². The molecule has 19 heavy (non-hydrogen) atoms. The highest BCUT2D eigenvalue weighted by molar-refractivity contribution is 6.19. The summed E-state index contributed by atoms with van der Waals surface area (Å²) in [5.41, 5.74) is 0. The molecule has 0 radical (unpaired) electrons. The van der Waals surface area contributed by atoms with Crippen molar-refractivity contribution in [3.8, 4) is 0 Å². The molecule has 0 aliphatic carbocycles. The smallest absolute Gasteiger partial charge is 0.277 e. The van der Waals surface area contributed by atoms with E-state index < -0.39 is 53.9 Å². The zero-order valence-corrected chi connectivity index (χ0v) is 9.31. The van der Waals surface area contributed by atoms with Gasteiger partial charge < -0.3 is 0 Å². The van der Waals surface area contributed by atoms with Crippen LogP contribution in [-0.2, 0) is 19.2 Å². The van der Waals surface area contributed by atoms with Crippen molar-refractivity contribution in [1.82, 2.24) is 21.3 Å². The van der Waals surface area contributed by atoms with E-state index >= 15 is 0 Å². The summed E-state index contributed by atoms with van der Waals surface area (Å²) in [6.45, 7) is 0. The maximum absolute atomic E-state index is 11.4. The van der Waals surface area contributed by atoms with Gasteiger partial charge in [-0.1, -0.05) is 0 Å². The molecule has 100 valence electrons. The molecule has 8 amide bonds. The maximum atomic E-state index is 11.4. The number of urea groups is 2. The Morgan fingerprint density at radius 1 is 0.579 bits per heavy atom. The number of nitrogens with one attached hydrogen (secondary N) is 4. The molecule has 2 aliphatic heterocycles. The number of barbiturate groups is 2. The topological polar surface area (TPSA) is 151 Å². The number of carbonyl (C=O) groups is 6. The van der Waals surface area contributed by atoms with E-state index in [4.69, 9.17) is 0 Å². The fraction of sp³-hybridized carbons (Fsp3) is 0.333. The second-order valence-electron chi connectivity index (χ2n) is 3.96. The molecule has 0 aromatic heterocycles. The number of amides is 8. The Kier molecular flexibility index (Phi) is 2.99. The third kappa shape index (κ3) is 2.41. The largest absolute Gasteiger partial charge is 0.328 e. The van der Waals surface area contributed by atoms with Crippen molar-refractivity contribution in [2.75, 3.05) is 0 Å². The van der Waals surface area contributed by atoms with E-state index in [0.29, 0.717) is 0 Å². The Morgan fingerprint density at radius 3 is 1.11 bits per heavy atom. The molecule has 10 nitrogen and oxygen atoms in total. The van der Waals surface area contributed by atoms with Gasteiger partial charge >= 0.3 is 12.1 Å². The molecule has 0 aromatic rings. The summed E-state index contributed by atoms with van der Waals surface area (Å²) in [5.74, 6) is -6.30. The van der Waals surface area contributed by atoms with E-state index in [0.717, 1.165) is 0 Å². The third-order valence-electron chi connectivity index (χ3n) is 2.68. The van der Waals surface area contributed by atoms with Crippen molar-refractivity contribution >= 4 is 35.7 Å². The minimum Gasteiger partial charge on any atom is -0.277 e. The zero-order chi connectivity index (χ0) is 14.2. The summed E-state index contributed by atoms with van der Waals surface area (Å²) in [5, 5.41) is 7.39. The predicted molar refractivity (Wildman–Crippen MR) is 55.0 cm³/mol. The number of carbonyl (C=O) groups excluding carboxylic acids is 6. The van der Waals surface area contributed by atoms with Gasteiger partial charge in [0.05, 0.1) is 0 Å². The van der Waals surface area contributed by atoms with Gasteiger partial charge in [0.2, 0.25) is 23.6 Å². The molecular formula is C9H8N4O6. The second kappa shape index (κ2) is 4.48. The molecule has 2 saturated heterocycles. The first-order valence-electron chi connectivity index (χ1n) is 5.20. The molecular weight excluding hydrogens is 260 g/mol. The summed E-state index contributed by atoms with van der Waals surface area (Å²) in [4.78, 5) is 67.4. The van der Waals surface area contributed by atoms with Crippen molar-refractivity contribution in [2.24, 2.45) is 11.8 Å². The summed E-state index contributed by atoms with van der Waals surface area (Å²) in [6.07, 6.45) is -0.435. The molecule has 0 bridgehead atoms. The molecule has 2 fully saturated rings. The van der Waals surface area contributed by atoms with Gasteiger partial charge in [-0.3, -0.25) is 40.4 Å². The number of imide groups is 4. The van der Waals surface area contributed by atoms with Crippen LogP contribution in [0, 0.1) is 11.8 Å². The van der Waals surface area contributed by atoms with Gasteiger partial charge in [-0.25, -0.2) is 9.59 Å². The lowest BCUT2D eigenvalue weighted by molar-refractivity contribution is -0.139. The van der Waals surface area contributed by atoms with E-state index in [1.165, 1.54) is 0 Å². The Morgan fingerprint density at radius 2 is 0.842 bits per heavy atom. The Hall–Kier alpha value is -2.78. The number of rotatable bonds is 2. The number of hydrogen-bond donors (Lipinski definition) is 4. The van der Waals surface area contributed by atoms with Crippen LogP contribution < -0.4 is 21.3 Å². The van der Waals surface area contributed by atoms with Crippen LogP contribution in [0.15, 0.2) is 0 Å². The fourth-order valence-corrected chi connectivity index (χ4v) is 1.76. The van der Waals surface area contributed by atoms with E-state index in [2.05, 4.69) is 0 Å². The van der Waals surface area contributed by atoms with Crippen molar-refractivity contribution in [2.45, 2.75) is 6.42 Å². The van der Waals surface area contributed by atoms with Crippen LogP contribution in [0.1, 0.15) is 6.42 Å². The lowest BCUT2D eigenvalue weighted by atomic mass is 9.90. The highest BCUT2D eigenvalue weighted by Gasteiger charge is 2.42. The monoisotopic (exact) mass is 268 g/mol. The van der Waals surface area contributed by atoms with Gasteiger partial charge in [-0.05, 0) is 6.42 Å². The van der Waals surface area contributed by atoms with Crippen molar-refractivity contribution < 1.29 is 28.8 Å². The first kappa shape index (κ1) is 12.7. The summed E-state index contributed by atoms with van der Waals surface area (Å²) in [6, 6.07) is -1.92. The van der Waals surface area contributed by atoms with Crippen molar-refractivity contribution in [3.05, 3.63) is 0 Å². The SMILES string of the molecule is O=C1NC(=O)C(CC2C(=O)NC(=O)NC2=O)C(=O)N1. The Balaban J connectivity index is 2.12. The Labute approximate surface area is 105 Å². The molecule has 2 rings (SSSR count). The normalized spacial score (nSPS) is 21.7. The highest BCUT2D eigenvalue weighted by Crippen LogP contribution is 2.17. The molecule has 0 atom stereocenters. The third-order valence-corrected chi connectivity index (χ3v) is 2.68. The summed E-state index contributed by atoms with van der Waals surface area (Å²) in [7, 11) is 0. The van der Waals surface area contributed by atoms with Crippen LogP contribution in [0.3, 0.4) is 0 Å². The van der Waals surface area contributed by atoms with Crippen LogP contribution in [-0.4, -0.2) is 35.7 Å².